The molecule has 0 radical (unpaired) electrons. The first-order valence-corrected chi connectivity index (χ1v) is 8.08. The molecule has 2 N–H and O–H groups in total. The first kappa shape index (κ1) is 15.7. The molecule has 0 bridgehead atoms. The Morgan fingerprint density at radius 1 is 1.17 bits per heavy atom. The van der Waals surface area contributed by atoms with E-state index >= 15 is 0 Å². The Labute approximate surface area is 140 Å². The zero-order chi connectivity index (χ0) is 16.1. The van der Waals surface area contributed by atoms with Crippen molar-refractivity contribution in [3.8, 4) is 5.75 Å². The van der Waals surface area contributed by atoms with Gasteiger partial charge in [-0.15, -0.1) is 0 Å². The van der Waals surface area contributed by atoms with Crippen molar-refractivity contribution in [1.29, 1.82) is 0 Å². The lowest BCUT2D eigenvalue weighted by molar-refractivity contribution is 0.214. The fourth-order valence-corrected chi connectivity index (χ4v) is 2.90. The smallest absolute Gasteiger partial charge is 0.315 e. The summed E-state index contributed by atoms with van der Waals surface area (Å²) in [5.74, 6) is 0.907. The number of hydrogen-bond donors (Lipinski definition) is 2. The highest BCUT2D eigenvalue weighted by atomic mass is 35.5. The van der Waals surface area contributed by atoms with Gasteiger partial charge in [0.2, 0.25) is 0 Å². The van der Waals surface area contributed by atoms with E-state index in [1.807, 2.05) is 48.5 Å². The van der Waals surface area contributed by atoms with Crippen molar-refractivity contribution in [2.75, 3.05) is 13.2 Å². The third-order valence-corrected chi connectivity index (χ3v) is 4.22. The summed E-state index contributed by atoms with van der Waals surface area (Å²) in [4.78, 5) is 12.0. The van der Waals surface area contributed by atoms with Crippen molar-refractivity contribution in [2.45, 2.75) is 18.9 Å². The summed E-state index contributed by atoms with van der Waals surface area (Å²) in [5, 5.41) is 6.55. The molecule has 1 aliphatic heterocycles. The molecule has 120 valence electrons. The summed E-state index contributed by atoms with van der Waals surface area (Å²) in [7, 11) is 0. The summed E-state index contributed by atoms with van der Waals surface area (Å²) in [6, 6.07) is 15.4. The van der Waals surface area contributed by atoms with Gasteiger partial charge in [0.1, 0.15) is 12.4 Å². The fourth-order valence-electron chi connectivity index (χ4n) is 2.67. The van der Waals surface area contributed by atoms with Gasteiger partial charge in [0, 0.05) is 11.6 Å². The lowest BCUT2D eigenvalue weighted by atomic mass is 10.0. The zero-order valence-electron chi connectivity index (χ0n) is 12.7. The number of carbonyl (C=O) groups is 1. The van der Waals surface area contributed by atoms with Crippen LogP contribution in [0.3, 0.4) is 0 Å². The first-order chi connectivity index (χ1) is 11.2. The number of hydrogen-bond acceptors (Lipinski definition) is 2. The minimum atomic E-state index is -0.176. The maximum absolute atomic E-state index is 12.0. The van der Waals surface area contributed by atoms with Crippen molar-refractivity contribution in [3.05, 3.63) is 64.7 Å². The van der Waals surface area contributed by atoms with Crippen LogP contribution in [0.25, 0.3) is 0 Å². The zero-order valence-corrected chi connectivity index (χ0v) is 13.5. The number of rotatable bonds is 4. The number of benzene rings is 2. The summed E-state index contributed by atoms with van der Waals surface area (Å²) < 4.78 is 5.67. The van der Waals surface area contributed by atoms with E-state index in [0.29, 0.717) is 19.6 Å². The second kappa shape index (κ2) is 7.38. The highest BCUT2D eigenvalue weighted by molar-refractivity contribution is 6.31. The maximum Gasteiger partial charge on any atom is 0.315 e. The molecule has 0 fully saturated rings. The SMILES string of the molecule is O=C(NCCc1ccccc1Cl)N[C@@H]1COc2ccccc2C1. The van der Waals surface area contributed by atoms with Crippen LogP contribution in [0.15, 0.2) is 48.5 Å². The van der Waals surface area contributed by atoms with Crippen molar-refractivity contribution in [1.82, 2.24) is 10.6 Å². The Balaban J connectivity index is 1.44. The molecular weight excluding hydrogens is 312 g/mol. The highest BCUT2D eigenvalue weighted by Crippen LogP contribution is 2.23. The molecule has 0 saturated heterocycles. The number of urea groups is 1. The normalized spacial score (nSPS) is 16.1. The van der Waals surface area contributed by atoms with Crippen LogP contribution in [-0.4, -0.2) is 25.2 Å². The number of carbonyl (C=O) groups excluding carboxylic acids is 1. The Kier molecular flexibility index (Phi) is 5.03. The molecule has 0 saturated carbocycles. The van der Waals surface area contributed by atoms with Crippen LogP contribution in [0, 0.1) is 0 Å². The largest absolute Gasteiger partial charge is 0.491 e. The molecule has 0 aliphatic carbocycles. The number of fused-ring (bicyclic) bond motifs is 1. The van der Waals surface area contributed by atoms with Gasteiger partial charge >= 0.3 is 6.03 Å². The van der Waals surface area contributed by atoms with Gasteiger partial charge in [-0.3, -0.25) is 0 Å². The van der Waals surface area contributed by atoms with Crippen LogP contribution in [0.1, 0.15) is 11.1 Å². The summed E-state index contributed by atoms with van der Waals surface area (Å²) in [6.07, 6.45) is 1.49. The van der Waals surface area contributed by atoms with Gasteiger partial charge in [0.15, 0.2) is 0 Å². The third-order valence-electron chi connectivity index (χ3n) is 3.85. The average Bonchev–Trinajstić information content (AvgIpc) is 2.56. The minimum Gasteiger partial charge on any atom is -0.491 e. The van der Waals surface area contributed by atoms with Gasteiger partial charge in [0.05, 0.1) is 6.04 Å². The minimum absolute atomic E-state index is 0.00906. The summed E-state index contributed by atoms with van der Waals surface area (Å²) >= 11 is 6.10. The molecule has 0 spiro atoms. The fraction of sp³-hybridized carbons (Fsp3) is 0.278. The van der Waals surface area contributed by atoms with Crippen LogP contribution < -0.4 is 15.4 Å². The van der Waals surface area contributed by atoms with Crippen molar-refractivity contribution >= 4 is 17.6 Å². The predicted molar refractivity (Wildman–Crippen MR) is 91.1 cm³/mol. The quantitative estimate of drug-likeness (QED) is 0.904. The number of ether oxygens (including phenoxy) is 1. The average molecular weight is 331 g/mol. The summed E-state index contributed by atoms with van der Waals surface area (Å²) in [5.41, 5.74) is 2.16. The van der Waals surface area contributed by atoms with Gasteiger partial charge in [0.25, 0.3) is 0 Å². The van der Waals surface area contributed by atoms with E-state index in [1.165, 1.54) is 0 Å². The van der Waals surface area contributed by atoms with Crippen LogP contribution >= 0.6 is 11.6 Å². The van der Waals surface area contributed by atoms with Crippen molar-refractivity contribution < 1.29 is 9.53 Å². The molecule has 0 aromatic heterocycles. The van der Waals surface area contributed by atoms with Crippen molar-refractivity contribution in [3.63, 3.8) is 0 Å². The topological polar surface area (TPSA) is 50.4 Å². The standard InChI is InChI=1S/C18H19ClN2O2/c19-16-7-3-1-5-13(16)9-10-20-18(22)21-15-11-14-6-2-4-8-17(14)23-12-15/h1-8,15H,9-12H2,(H2,20,21,22)/t15-/m0/s1. The van der Waals surface area contributed by atoms with Gasteiger partial charge in [-0.1, -0.05) is 48.0 Å². The van der Waals surface area contributed by atoms with E-state index in [4.69, 9.17) is 16.3 Å². The number of halogens is 1. The third kappa shape index (κ3) is 4.17. The van der Waals surface area contributed by atoms with Crippen LogP contribution in [0.2, 0.25) is 5.02 Å². The van der Waals surface area contributed by atoms with E-state index in [1.54, 1.807) is 0 Å². The van der Waals surface area contributed by atoms with Gasteiger partial charge in [-0.05, 0) is 36.1 Å². The summed E-state index contributed by atoms with van der Waals surface area (Å²) in [6.45, 7) is 1.04. The molecular formula is C18H19ClN2O2. The van der Waals surface area contributed by atoms with Crippen molar-refractivity contribution in [2.24, 2.45) is 0 Å². The molecule has 4 nitrogen and oxygen atoms in total. The molecule has 1 atom stereocenters. The lowest BCUT2D eigenvalue weighted by Gasteiger charge is -2.26. The Morgan fingerprint density at radius 3 is 2.83 bits per heavy atom. The molecule has 0 unspecified atom stereocenters. The van der Waals surface area contributed by atoms with E-state index in [9.17, 15) is 4.79 Å². The molecule has 1 heterocycles. The molecule has 5 heteroatoms. The molecule has 2 amide bonds. The monoisotopic (exact) mass is 330 g/mol. The second-order valence-electron chi connectivity index (χ2n) is 5.56. The van der Waals surface area contributed by atoms with Crippen LogP contribution in [0.4, 0.5) is 4.79 Å². The van der Waals surface area contributed by atoms with E-state index in [0.717, 1.165) is 28.3 Å². The molecule has 3 rings (SSSR count). The second-order valence-corrected chi connectivity index (χ2v) is 5.97. The molecule has 23 heavy (non-hydrogen) atoms. The van der Waals surface area contributed by atoms with Gasteiger partial charge < -0.3 is 15.4 Å². The van der Waals surface area contributed by atoms with E-state index in [-0.39, 0.29) is 12.1 Å². The highest BCUT2D eigenvalue weighted by Gasteiger charge is 2.20. The Bertz CT molecular complexity index is 690. The van der Waals surface area contributed by atoms with E-state index in [2.05, 4.69) is 10.6 Å². The van der Waals surface area contributed by atoms with Crippen LogP contribution in [-0.2, 0) is 12.8 Å². The van der Waals surface area contributed by atoms with Gasteiger partial charge in [-0.25, -0.2) is 4.79 Å². The first-order valence-electron chi connectivity index (χ1n) is 7.71. The number of para-hydroxylation sites is 1. The Hall–Kier alpha value is -2.20. The number of nitrogens with one attached hydrogen (secondary N) is 2. The van der Waals surface area contributed by atoms with E-state index < -0.39 is 0 Å². The van der Waals surface area contributed by atoms with Gasteiger partial charge in [-0.2, -0.15) is 0 Å². The predicted octanol–water partition coefficient (Wildman–Crippen LogP) is 3.19. The lowest BCUT2D eigenvalue weighted by Crippen LogP contribution is -2.47. The number of amides is 2. The Morgan fingerprint density at radius 2 is 1.96 bits per heavy atom. The van der Waals surface area contributed by atoms with Crippen LogP contribution in [0.5, 0.6) is 5.75 Å². The maximum atomic E-state index is 12.0. The molecule has 1 aliphatic rings. The molecule has 2 aromatic carbocycles. The molecule has 2 aromatic rings.